The van der Waals surface area contributed by atoms with Gasteiger partial charge >= 0.3 is 0 Å². The predicted octanol–water partition coefficient (Wildman–Crippen LogP) is 5.28. The first-order valence-electron chi connectivity index (χ1n) is 8.94. The van der Waals surface area contributed by atoms with E-state index in [4.69, 9.17) is 0 Å². The summed E-state index contributed by atoms with van der Waals surface area (Å²) in [4.78, 5) is 2.63. The van der Waals surface area contributed by atoms with Gasteiger partial charge in [-0.15, -0.1) is 0 Å². The fourth-order valence-corrected chi connectivity index (χ4v) is 3.87. The summed E-state index contributed by atoms with van der Waals surface area (Å²) >= 11 is 0. The Labute approximate surface area is 130 Å². The number of nitrogens with zero attached hydrogens (tertiary/aromatic N) is 1. The molecule has 1 aliphatic carbocycles. The number of rotatable bonds is 4. The van der Waals surface area contributed by atoms with Gasteiger partial charge < -0.3 is 4.90 Å². The van der Waals surface area contributed by atoms with E-state index in [1.54, 1.807) is 16.7 Å². The number of hydrogen-bond acceptors (Lipinski definition) is 1. The van der Waals surface area contributed by atoms with E-state index in [1.165, 1.54) is 38.8 Å². The molecular weight excluding hydrogens is 254 g/mol. The summed E-state index contributed by atoms with van der Waals surface area (Å²) < 4.78 is 0. The standard InChI is InChI=1S/C20H31N/c1-14(2)19-8-7-18(13-20(19)17-5-6-17)16-9-11-21(12-10-16)15(3)4/h7-8,13-17H,5-6,9-12H2,1-4H3. The maximum atomic E-state index is 2.63. The highest BCUT2D eigenvalue weighted by Gasteiger charge is 2.28. The summed E-state index contributed by atoms with van der Waals surface area (Å²) in [6.45, 7) is 11.9. The van der Waals surface area contributed by atoms with Gasteiger partial charge in [0, 0.05) is 6.04 Å². The second-order valence-electron chi connectivity index (χ2n) is 7.72. The molecule has 2 aliphatic rings. The first kappa shape index (κ1) is 15.1. The summed E-state index contributed by atoms with van der Waals surface area (Å²) in [7, 11) is 0. The minimum absolute atomic E-state index is 0.664. The van der Waals surface area contributed by atoms with Gasteiger partial charge in [0.1, 0.15) is 0 Å². The van der Waals surface area contributed by atoms with Crippen molar-refractivity contribution in [3.8, 4) is 0 Å². The third kappa shape index (κ3) is 3.34. The van der Waals surface area contributed by atoms with Crippen LogP contribution in [-0.4, -0.2) is 24.0 Å². The van der Waals surface area contributed by atoms with E-state index in [2.05, 4.69) is 50.8 Å². The van der Waals surface area contributed by atoms with Crippen LogP contribution in [0.25, 0.3) is 0 Å². The van der Waals surface area contributed by atoms with E-state index >= 15 is 0 Å². The van der Waals surface area contributed by atoms with Gasteiger partial charge in [-0.25, -0.2) is 0 Å². The van der Waals surface area contributed by atoms with Crippen molar-refractivity contribution in [1.29, 1.82) is 0 Å². The van der Waals surface area contributed by atoms with Crippen molar-refractivity contribution in [2.24, 2.45) is 0 Å². The van der Waals surface area contributed by atoms with Crippen molar-refractivity contribution in [3.05, 3.63) is 34.9 Å². The van der Waals surface area contributed by atoms with Gasteiger partial charge in [-0.1, -0.05) is 32.0 Å². The largest absolute Gasteiger partial charge is 0.301 e. The fraction of sp³-hybridized carbons (Fsp3) is 0.700. The summed E-state index contributed by atoms with van der Waals surface area (Å²) in [5.74, 6) is 2.33. The Morgan fingerprint density at radius 3 is 2.10 bits per heavy atom. The monoisotopic (exact) mass is 285 g/mol. The molecule has 0 bridgehead atoms. The minimum Gasteiger partial charge on any atom is -0.301 e. The average molecular weight is 285 g/mol. The van der Waals surface area contributed by atoms with Crippen molar-refractivity contribution in [2.75, 3.05) is 13.1 Å². The third-order valence-corrected chi connectivity index (χ3v) is 5.48. The smallest absolute Gasteiger partial charge is 0.00385 e. The zero-order valence-electron chi connectivity index (χ0n) is 14.2. The molecule has 0 unspecified atom stereocenters. The molecule has 1 saturated carbocycles. The van der Waals surface area contributed by atoms with E-state index in [9.17, 15) is 0 Å². The molecule has 0 atom stereocenters. The highest BCUT2D eigenvalue weighted by Crippen LogP contribution is 2.44. The Morgan fingerprint density at radius 1 is 0.905 bits per heavy atom. The van der Waals surface area contributed by atoms with E-state index in [-0.39, 0.29) is 0 Å². The Kier molecular flexibility index (Phi) is 4.40. The summed E-state index contributed by atoms with van der Waals surface area (Å²) in [5, 5.41) is 0. The van der Waals surface area contributed by atoms with Gasteiger partial charge in [0.05, 0.1) is 0 Å². The molecule has 0 N–H and O–H groups in total. The number of hydrogen-bond donors (Lipinski definition) is 0. The molecule has 2 fully saturated rings. The molecule has 116 valence electrons. The summed E-state index contributed by atoms with van der Waals surface area (Å²) in [6, 6.07) is 8.14. The Bertz CT molecular complexity index is 477. The lowest BCUT2D eigenvalue weighted by molar-refractivity contribution is 0.172. The highest BCUT2D eigenvalue weighted by atomic mass is 15.1. The van der Waals surface area contributed by atoms with Gasteiger partial charge in [-0.05, 0) is 87.1 Å². The molecule has 1 saturated heterocycles. The lowest BCUT2D eigenvalue weighted by Crippen LogP contribution is -2.37. The molecule has 0 aromatic heterocycles. The van der Waals surface area contributed by atoms with E-state index in [0.29, 0.717) is 12.0 Å². The molecule has 1 aromatic rings. The SMILES string of the molecule is CC(C)c1ccc(C2CCN(C(C)C)CC2)cc1C1CC1. The molecule has 1 aromatic carbocycles. The van der Waals surface area contributed by atoms with Crippen LogP contribution in [0, 0.1) is 0 Å². The van der Waals surface area contributed by atoms with Crippen molar-refractivity contribution in [1.82, 2.24) is 4.90 Å². The van der Waals surface area contributed by atoms with Crippen LogP contribution in [-0.2, 0) is 0 Å². The Balaban J connectivity index is 1.76. The second-order valence-corrected chi connectivity index (χ2v) is 7.72. The quantitative estimate of drug-likeness (QED) is 0.728. The first-order valence-corrected chi connectivity index (χ1v) is 8.94. The minimum atomic E-state index is 0.664. The Morgan fingerprint density at radius 2 is 1.57 bits per heavy atom. The van der Waals surface area contributed by atoms with Crippen LogP contribution in [0.15, 0.2) is 18.2 Å². The molecule has 0 spiro atoms. The lowest BCUT2D eigenvalue weighted by atomic mass is 9.85. The average Bonchev–Trinajstić information content (AvgIpc) is 3.31. The van der Waals surface area contributed by atoms with Crippen molar-refractivity contribution in [2.45, 2.75) is 77.2 Å². The summed E-state index contributed by atoms with van der Waals surface area (Å²) in [5.41, 5.74) is 4.89. The lowest BCUT2D eigenvalue weighted by Gasteiger charge is -2.35. The highest BCUT2D eigenvalue weighted by molar-refractivity contribution is 5.40. The van der Waals surface area contributed by atoms with Crippen LogP contribution in [0.5, 0.6) is 0 Å². The number of benzene rings is 1. The predicted molar refractivity (Wildman–Crippen MR) is 91.2 cm³/mol. The maximum Gasteiger partial charge on any atom is 0.00385 e. The van der Waals surface area contributed by atoms with E-state index in [1.807, 2.05) is 0 Å². The molecular formula is C20H31N. The molecule has 0 radical (unpaired) electrons. The van der Waals surface area contributed by atoms with Gasteiger partial charge in [-0.3, -0.25) is 0 Å². The second kappa shape index (κ2) is 6.12. The molecule has 21 heavy (non-hydrogen) atoms. The maximum absolute atomic E-state index is 2.63. The van der Waals surface area contributed by atoms with Crippen molar-refractivity contribution in [3.63, 3.8) is 0 Å². The molecule has 1 heteroatoms. The van der Waals surface area contributed by atoms with Crippen LogP contribution < -0.4 is 0 Å². The van der Waals surface area contributed by atoms with E-state index < -0.39 is 0 Å². The van der Waals surface area contributed by atoms with E-state index in [0.717, 1.165) is 11.8 Å². The first-order chi connectivity index (χ1) is 10.1. The molecule has 1 heterocycles. The fourth-order valence-electron chi connectivity index (χ4n) is 3.87. The van der Waals surface area contributed by atoms with Gasteiger partial charge in [0.25, 0.3) is 0 Å². The van der Waals surface area contributed by atoms with Crippen LogP contribution in [0.2, 0.25) is 0 Å². The molecule has 1 aliphatic heterocycles. The topological polar surface area (TPSA) is 3.24 Å². The Hall–Kier alpha value is -0.820. The summed E-state index contributed by atoms with van der Waals surface area (Å²) in [6.07, 6.45) is 5.50. The van der Waals surface area contributed by atoms with Crippen LogP contribution in [0.3, 0.4) is 0 Å². The molecule has 1 nitrogen and oxygen atoms in total. The normalized spacial score (nSPS) is 21.4. The number of piperidine rings is 1. The van der Waals surface area contributed by atoms with Gasteiger partial charge in [0.2, 0.25) is 0 Å². The third-order valence-electron chi connectivity index (χ3n) is 5.48. The zero-order valence-corrected chi connectivity index (χ0v) is 14.2. The molecule has 3 rings (SSSR count). The van der Waals surface area contributed by atoms with Crippen LogP contribution in [0.4, 0.5) is 0 Å². The van der Waals surface area contributed by atoms with Gasteiger partial charge in [0.15, 0.2) is 0 Å². The van der Waals surface area contributed by atoms with Crippen LogP contribution in [0.1, 0.15) is 87.8 Å². The van der Waals surface area contributed by atoms with Crippen LogP contribution >= 0.6 is 0 Å². The number of likely N-dealkylation sites (tertiary alicyclic amines) is 1. The van der Waals surface area contributed by atoms with Crippen molar-refractivity contribution < 1.29 is 0 Å². The zero-order chi connectivity index (χ0) is 15.0. The molecule has 0 amide bonds. The van der Waals surface area contributed by atoms with Gasteiger partial charge in [-0.2, -0.15) is 0 Å². The van der Waals surface area contributed by atoms with Crippen molar-refractivity contribution >= 4 is 0 Å².